The number of carbonyl (C=O) groups is 1. The number of benzene rings is 1. The first-order chi connectivity index (χ1) is 13.1. The monoisotopic (exact) mass is 369 g/mol. The lowest BCUT2D eigenvalue weighted by Gasteiger charge is -2.27. The van der Waals surface area contributed by atoms with Gasteiger partial charge in [-0.15, -0.1) is 0 Å². The quantitative estimate of drug-likeness (QED) is 0.815. The van der Waals surface area contributed by atoms with Crippen LogP contribution in [-0.2, 0) is 6.54 Å². The van der Waals surface area contributed by atoms with Crippen LogP contribution >= 0.6 is 0 Å². The second-order valence-corrected chi connectivity index (χ2v) is 6.61. The van der Waals surface area contributed by atoms with Gasteiger partial charge in [-0.3, -0.25) is 0 Å². The number of nitrogens with zero attached hydrogens (tertiary/aromatic N) is 3. The first-order valence-corrected chi connectivity index (χ1v) is 9.51. The van der Waals surface area contributed by atoms with Gasteiger partial charge in [-0.25, -0.2) is 14.8 Å². The Hall–Kier alpha value is -2.83. The number of anilines is 2. The molecule has 0 unspecified atom stereocenters. The van der Waals surface area contributed by atoms with Crippen molar-refractivity contribution in [1.82, 2.24) is 15.3 Å². The van der Waals surface area contributed by atoms with E-state index in [0.29, 0.717) is 18.8 Å². The van der Waals surface area contributed by atoms with Crippen LogP contribution < -0.4 is 20.3 Å². The summed E-state index contributed by atoms with van der Waals surface area (Å²) in [4.78, 5) is 23.6. The van der Waals surface area contributed by atoms with E-state index in [1.54, 1.807) is 0 Å². The molecule has 27 heavy (non-hydrogen) atoms. The summed E-state index contributed by atoms with van der Waals surface area (Å²) in [6.45, 7) is 6.85. The van der Waals surface area contributed by atoms with Gasteiger partial charge in [0.05, 0.1) is 18.8 Å². The third-order valence-electron chi connectivity index (χ3n) is 4.39. The van der Waals surface area contributed by atoms with Crippen LogP contribution in [0.1, 0.15) is 37.6 Å². The van der Waals surface area contributed by atoms with Crippen molar-refractivity contribution in [3.63, 3.8) is 0 Å². The number of hydrogen-bond donors (Lipinski definition) is 2. The van der Waals surface area contributed by atoms with E-state index in [2.05, 4.69) is 25.5 Å². The number of aromatic nitrogens is 2. The zero-order valence-corrected chi connectivity index (χ0v) is 16.0. The molecule has 2 heterocycles. The summed E-state index contributed by atoms with van der Waals surface area (Å²) < 4.78 is 5.40. The molecule has 0 bridgehead atoms. The van der Waals surface area contributed by atoms with Crippen molar-refractivity contribution in [3.05, 3.63) is 41.7 Å². The third-order valence-corrected chi connectivity index (χ3v) is 4.39. The summed E-state index contributed by atoms with van der Waals surface area (Å²) in [5.41, 5.74) is 2.43. The van der Waals surface area contributed by atoms with Crippen molar-refractivity contribution in [2.75, 3.05) is 29.9 Å². The molecular formula is C20H27N5O2. The molecule has 1 aromatic heterocycles. The lowest BCUT2D eigenvalue weighted by Crippen LogP contribution is -2.32. The van der Waals surface area contributed by atoms with Crippen LogP contribution in [0.25, 0.3) is 0 Å². The van der Waals surface area contributed by atoms with Crippen molar-refractivity contribution < 1.29 is 9.53 Å². The van der Waals surface area contributed by atoms with Gasteiger partial charge in [0, 0.05) is 24.5 Å². The number of urea groups is 1. The summed E-state index contributed by atoms with van der Waals surface area (Å²) in [6, 6.07) is 8.93. The molecule has 0 saturated carbocycles. The van der Waals surface area contributed by atoms with E-state index < -0.39 is 0 Å². The van der Waals surface area contributed by atoms with E-state index in [0.717, 1.165) is 36.2 Å². The van der Waals surface area contributed by atoms with Crippen LogP contribution in [0.4, 0.5) is 16.4 Å². The first-order valence-electron chi connectivity index (χ1n) is 9.51. The molecule has 1 aromatic carbocycles. The molecule has 0 aliphatic carbocycles. The normalized spacial score (nSPS) is 13.9. The zero-order valence-electron chi connectivity index (χ0n) is 16.0. The number of carbonyl (C=O) groups excluding carboxylic acids is 1. The molecule has 7 nitrogen and oxygen atoms in total. The third kappa shape index (κ3) is 5.57. The first kappa shape index (κ1) is 18.9. The Labute approximate surface area is 160 Å². The van der Waals surface area contributed by atoms with Crippen molar-refractivity contribution >= 4 is 17.7 Å². The van der Waals surface area contributed by atoms with E-state index in [1.807, 2.05) is 44.2 Å². The second kappa shape index (κ2) is 9.21. The maximum Gasteiger partial charge on any atom is 0.319 e. The molecule has 1 aliphatic rings. The molecule has 1 saturated heterocycles. The molecule has 7 heteroatoms. The van der Waals surface area contributed by atoms with Gasteiger partial charge >= 0.3 is 6.03 Å². The Morgan fingerprint density at radius 3 is 2.59 bits per heavy atom. The predicted octanol–water partition coefficient (Wildman–Crippen LogP) is 3.50. The second-order valence-electron chi connectivity index (χ2n) is 6.61. The largest absolute Gasteiger partial charge is 0.494 e. The summed E-state index contributed by atoms with van der Waals surface area (Å²) in [5.74, 6) is 1.54. The minimum absolute atomic E-state index is 0.269. The van der Waals surface area contributed by atoms with Crippen molar-refractivity contribution in [2.24, 2.45) is 0 Å². The average Bonchev–Trinajstić information content (AvgIpc) is 2.68. The van der Waals surface area contributed by atoms with Gasteiger partial charge in [0.25, 0.3) is 0 Å². The van der Waals surface area contributed by atoms with E-state index in [9.17, 15) is 4.79 Å². The Kier molecular flexibility index (Phi) is 6.46. The number of ether oxygens (including phenoxy) is 1. The molecular weight excluding hydrogens is 342 g/mol. The molecule has 1 aliphatic heterocycles. The standard InChI is InChI=1S/C20H27N5O2/c1-3-27-18-9-7-16(8-10-18)24-20(26)21-14-17-13-15(2)22-19(23-17)25-11-5-4-6-12-25/h7-10,13H,3-6,11-12,14H2,1-2H3,(H2,21,24,26). The van der Waals surface area contributed by atoms with E-state index in [1.165, 1.54) is 19.3 Å². The summed E-state index contributed by atoms with van der Waals surface area (Å²) in [6.07, 6.45) is 3.62. The van der Waals surface area contributed by atoms with Gasteiger partial charge in [-0.1, -0.05) is 0 Å². The SMILES string of the molecule is CCOc1ccc(NC(=O)NCc2cc(C)nc(N3CCCCC3)n2)cc1. The minimum atomic E-state index is -0.269. The maximum absolute atomic E-state index is 12.2. The number of hydrogen-bond acceptors (Lipinski definition) is 5. The molecule has 1 fully saturated rings. The highest BCUT2D eigenvalue weighted by Crippen LogP contribution is 2.17. The van der Waals surface area contributed by atoms with Crippen molar-refractivity contribution in [3.8, 4) is 5.75 Å². The van der Waals surface area contributed by atoms with Gasteiger partial charge in [0.2, 0.25) is 5.95 Å². The van der Waals surface area contributed by atoms with Gasteiger partial charge in [-0.05, 0) is 63.4 Å². The smallest absolute Gasteiger partial charge is 0.319 e. The molecule has 144 valence electrons. The fraction of sp³-hybridized carbons (Fsp3) is 0.450. The fourth-order valence-electron chi connectivity index (χ4n) is 3.09. The fourth-order valence-corrected chi connectivity index (χ4v) is 3.09. The number of aryl methyl sites for hydroxylation is 1. The number of amides is 2. The van der Waals surface area contributed by atoms with Gasteiger partial charge < -0.3 is 20.3 Å². The lowest BCUT2D eigenvalue weighted by molar-refractivity contribution is 0.251. The van der Waals surface area contributed by atoms with Crippen LogP contribution in [0.15, 0.2) is 30.3 Å². The number of piperidine rings is 1. The van der Waals surface area contributed by atoms with E-state index in [-0.39, 0.29) is 6.03 Å². The molecule has 3 rings (SSSR count). The lowest BCUT2D eigenvalue weighted by atomic mass is 10.1. The molecule has 2 N–H and O–H groups in total. The van der Waals surface area contributed by atoms with Crippen LogP contribution in [-0.4, -0.2) is 35.7 Å². The van der Waals surface area contributed by atoms with Crippen LogP contribution in [0, 0.1) is 6.92 Å². The summed E-state index contributed by atoms with van der Waals surface area (Å²) >= 11 is 0. The highest BCUT2D eigenvalue weighted by atomic mass is 16.5. The Balaban J connectivity index is 1.55. The average molecular weight is 369 g/mol. The zero-order chi connectivity index (χ0) is 19.1. The summed E-state index contributed by atoms with van der Waals surface area (Å²) in [5, 5.41) is 5.67. The van der Waals surface area contributed by atoms with Crippen LogP contribution in [0.2, 0.25) is 0 Å². The van der Waals surface area contributed by atoms with E-state index >= 15 is 0 Å². The molecule has 0 radical (unpaired) electrons. The number of nitrogens with one attached hydrogen (secondary N) is 2. The van der Waals surface area contributed by atoms with Crippen LogP contribution in [0.3, 0.4) is 0 Å². The van der Waals surface area contributed by atoms with Crippen molar-refractivity contribution in [1.29, 1.82) is 0 Å². The Bertz CT molecular complexity index is 757. The van der Waals surface area contributed by atoms with Crippen LogP contribution in [0.5, 0.6) is 5.75 Å². The Morgan fingerprint density at radius 2 is 1.89 bits per heavy atom. The maximum atomic E-state index is 12.2. The molecule has 2 aromatic rings. The summed E-state index contributed by atoms with van der Waals surface area (Å²) in [7, 11) is 0. The number of rotatable bonds is 6. The van der Waals surface area contributed by atoms with E-state index in [4.69, 9.17) is 4.74 Å². The highest BCUT2D eigenvalue weighted by Gasteiger charge is 2.15. The Morgan fingerprint density at radius 1 is 1.15 bits per heavy atom. The van der Waals surface area contributed by atoms with Gasteiger partial charge in [0.1, 0.15) is 5.75 Å². The molecule has 0 atom stereocenters. The molecule has 0 spiro atoms. The predicted molar refractivity (Wildman–Crippen MR) is 106 cm³/mol. The van der Waals surface area contributed by atoms with Gasteiger partial charge in [0.15, 0.2) is 0 Å². The van der Waals surface area contributed by atoms with Crippen molar-refractivity contribution in [2.45, 2.75) is 39.7 Å². The molecule has 2 amide bonds. The minimum Gasteiger partial charge on any atom is -0.494 e. The highest BCUT2D eigenvalue weighted by molar-refractivity contribution is 5.89. The van der Waals surface area contributed by atoms with Gasteiger partial charge in [-0.2, -0.15) is 0 Å². The topological polar surface area (TPSA) is 79.4 Å².